The van der Waals surface area contributed by atoms with Crippen molar-refractivity contribution in [3.8, 4) is 0 Å². The van der Waals surface area contributed by atoms with E-state index in [0.717, 1.165) is 5.56 Å². The monoisotopic (exact) mass is 392 g/mol. The maximum absolute atomic E-state index is 13.1. The van der Waals surface area contributed by atoms with E-state index in [9.17, 15) is 19.1 Å². The van der Waals surface area contributed by atoms with Crippen LogP contribution in [0.2, 0.25) is 0 Å². The average Bonchev–Trinajstić information content (AvgIpc) is 3.36. The van der Waals surface area contributed by atoms with Crippen LogP contribution in [-0.4, -0.2) is 33.2 Å². The number of hydrogen-bond donors (Lipinski definition) is 1. The number of amides is 1. The minimum absolute atomic E-state index is 0.0284. The third-order valence-corrected chi connectivity index (χ3v) is 4.82. The van der Waals surface area contributed by atoms with Crippen molar-refractivity contribution in [3.05, 3.63) is 101 Å². The molecule has 1 atom stereocenters. The Labute approximate surface area is 165 Å². The second-order valence-corrected chi connectivity index (χ2v) is 6.60. The van der Waals surface area contributed by atoms with Gasteiger partial charge in [0, 0.05) is 12.7 Å². The van der Waals surface area contributed by atoms with E-state index in [4.69, 9.17) is 4.42 Å². The largest absolute Gasteiger partial charge is 0.503 e. The lowest BCUT2D eigenvalue weighted by Crippen LogP contribution is -2.33. The molecule has 3 aromatic rings. The maximum Gasteiger partial charge on any atom is 0.290 e. The van der Waals surface area contributed by atoms with Crippen LogP contribution >= 0.6 is 0 Å². The van der Waals surface area contributed by atoms with Gasteiger partial charge in [0.25, 0.3) is 5.91 Å². The number of nitrogens with zero attached hydrogens (tertiary/aromatic N) is 2. The second-order valence-electron chi connectivity index (χ2n) is 6.60. The van der Waals surface area contributed by atoms with E-state index >= 15 is 0 Å². The summed E-state index contributed by atoms with van der Waals surface area (Å²) >= 11 is 0. The predicted octanol–water partition coefficient (Wildman–Crippen LogP) is 3.63. The van der Waals surface area contributed by atoms with Gasteiger partial charge in [-0.2, -0.15) is 0 Å². The molecule has 1 amide bonds. The van der Waals surface area contributed by atoms with Gasteiger partial charge < -0.3 is 14.4 Å². The van der Waals surface area contributed by atoms with Crippen LogP contribution in [0.25, 0.3) is 0 Å². The Kier molecular flexibility index (Phi) is 4.95. The van der Waals surface area contributed by atoms with E-state index in [1.54, 1.807) is 42.6 Å². The fourth-order valence-electron chi connectivity index (χ4n) is 3.40. The van der Waals surface area contributed by atoms with Gasteiger partial charge in [-0.15, -0.1) is 0 Å². The first-order chi connectivity index (χ1) is 14.1. The molecular formula is C22H17FN2O4. The topological polar surface area (TPSA) is 83.6 Å². The zero-order valence-corrected chi connectivity index (χ0v) is 15.3. The third-order valence-electron chi connectivity index (χ3n) is 4.82. The Bertz CT molecular complexity index is 1060. The van der Waals surface area contributed by atoms with Gasteiger partial charge in [-0.3, -0.25) is 14.6 Å². The normalized spacial score (nSPS) is 16.5. The lowest BCUT2D eigenvalue weighted by Gasteiger charge is -2.25. The number of furan rings is 1. The number of aliphatic hydroxyl groups excluding tert-OH is 1. The summed E-state index contributed by atoms with van der Waals surface area (Å²) in [6.07, 6.45) is 3.33. The van der Waals surface area contributed by atoms with Crippen molar-refractivity contribution in [3.63, 3.8) is 0 Å². The Morgan fingerprint density at radius 3 is 2.59 bits per heavy atom. The number of aromatic nitrogens is 1. The average molecular weight is 392 g/mol. The Hall–Kier alpha value is -3.74. The van der Waals surface area contributed by atoms with Crippen molar-refractivity contribution in [2.75, 3.05) is 6.54 Å². The summed E-state index contributed by atoms with van der Waals surface area (Å²) in [5, 5.41) is 10.5. The molecule has 0 fully saturated rings. The molecule has 0 saturated carbocycles. The number of ketones is 1. The van der Waals surface area contributed by atoms with Gasteiger partial charge in [-0.05, 0) is 48.4 Å². The number of Topliss-reactive ketones (excluding diaryl/α,β-unsaturated/α-hetero) is 1. The highest BCUT2D eigenvalue weighted by Crippen LogP contribution is 2.38. The van der Waals surface area contributed by atoms with E-state index in [2.05, 4.69) is 4.98 Å². The van der Waals surface area contributed by atoms with E-state index in [1.165, 1.54) is 29.4 Å². The molecule has 146 valence electrons. The summed E-state index contributed by atoms with van der Waals surface area (Å²) in [4.78, 5) is 31.4. The molecule has 0 saturated heterocycles. The molecule has 1 unspecified atom stereocenters. The summed E-state index contributed by atoms with van der Waals surface area (Å²) in [6.45, 7) is 0.213. The molecule has 2 aromatic heterocycles. The van der Waals surface area contributed by atoms with Crippen LogP contribution in [0, 0.1) is 5.82 Å². The number of hydrogen-bond acceptors (Lipinski definition) is 5. The number of rotatable bonds is 6. The second kappa shape index (κ2) is 7.71. The zero-order chi connectivity index (χ0) is 20.4. The minimum Gasteiger partial charge on any atom is -0.503 e. The van der Waals surface area contributed by atoms with E-state index < -0.39 is 23.5 Å². The van der Waals surface area contributed by atoms with E-state index in [-0.39, 0.29) is 23.7 Å². The van der Waals surface area contributed by atoms with Crippen molar-refractivity contribution in [1.29, 1.82) is 0 Å². The number of pyridine rings is 1. The van der Waals surface area contributed by atoms with Crippen LogP contribution in [0.5, 0.6) is 0 Å². The van der Waals surface area contributed by atoms with Crippen molar-refractivity contribution in [2.24, 2.45) is 0 Å². The Morgan fingerprint density at radius 1 is 1.14 bits per heavy atom. The molecule has 1 N–H and O–H groups in total. The van der Waals surface area contributed by atoms with Gasteiger partial charge in [0.1, 0.15) is 11.9 Å². The molecular weight excluding hydrogens is 375 g/mol. The lowest BCUT2D eigenvalue weighted by atomic mass is 9.98. The number of halogens is 1. The lowest BCUT2D eigenvalue weighted by molar-refractivity contribution is -0.129. The van der Waals surface area contributed by atoms with Crippen LogP contribution in [-0.2, 0) is 11.2 Å². The molecule has 0 bridgehead atoms. The highest BCUT2D eigenvalue weighted by molar-refractivity contribution is 6.14. The first-order valence-electron chi connectivity index (χ1n) is 9.04. The Balaban J connectivity index is 1.68. The van der Waals surface area contributed by atoms with Crippen LogP contribution in [0.1, 0.15) is 27.9 Å². The van der Waals surface area contributed by atoms with E-state index in [0.29, 0.717) is 12.1 Å². The number of benzene rings is 1. The van der Waals surface area contributed by atoms with E-state index in [1.807, 2.05) is 0 Å². The predicted molar refractivity (Wildman–Crippen MR) is 101 cm³/mol. The molecule has 7 heteroatoms. The van der Waals surface area contributed by atoms with Crippen LogP contribution in [0.15, 0.2) is 82.8 Å². The van der Waals surface area contributed by atoms with Crippen molar-refractivity contribution in [2.45, 2.75) is 12.5 Å². The molecule has 3 heterocycles. The molecule has 4 rings (SSSR count). The third kappa shape index (κ3) is 3.54. The number of aliphatic hydroxyl groups is 1. The highest BCUT2D eigenvalue weighted by atomic mass is 19.1. The smallest absolute Gasteiger partial charge is 0.290 e. The molecule has 1 aliphatic heterocycles. The summed E-state index contributed by atoms with van der Waals surface area (Å²) < 4.78 is 18.3. The van der Waals surface area contributed by atoms with Gasteiger partial charge in [0.2, 0.25) is 5.78 Å². The SMILES string of the molecule is O=C(C1=C(O)C(=O)N(CCc2ccc(F)cc2)C1c1ccccn1)c1ccco1. The maximum atomic E-state index is 13.1. The fourth-order valence-corrected chi connectivity index (χ4v) is 3.40. The number of carbonyl (C=O) groups is 2. The number of carbonyl (C=O) groups excluding carboxylic acids is 2. The van der Waals surface area contributed by atoms with Crippen LogP contribution in [0.3, 0.4) is 0 Å². The summed E-state index contributed by atoms with van der Waals surface area (Å²) in [5.74, 6) is -2.15. The minimum atomic E-state index is -0.846. The van der Waals surface area contributed by atoms with Crippen LogP contribution in [0.4, 0.5) is 4.39 Å². The van der Waals surface area contributed by atoms with Crippen molar-refractivity contribution >= 4 is 11.7 Å². The Morgan fingerprint density at radius 2 is 1.93 bits per heavy atom. The van der Waals surface area contributed by atoms with Gasteiger partial charge in [-0.25, -0.2) is 4.39 Å². The van der Waals surface area contributed by atoms with Gasteiger partial charge >= 0.3 is 0 Å². The molecule has 0 spiro atoms. The quantitative estimate of drug-likeness (QED) is 0.648. The van der Waals surface area contributed by atoms with Gasteiger partial charge in [0.15, 0.2) is 11.5 Å². The highest BCUT2D eigenvalue weighted by Gasteiger charge is 2.44. The molecule has 29 heavy (non-hydrogen) atoms. The first kappa shape index (κ1) is 18.6. The summed E-state index contributed by atoms with van der Waals surface area (Å²) in [6, 6.07) is 13.3. The zero-order valence-electron chi connectivity index (χ0n) is 15.3. The molecule has 6 nitrogen and oxygen atoms in total. The summed E-state index contributed by atoms with van der Waals surface area (Å²) in [5.41, 5.74) is 1.21. The van der Waals surface area contributed by atoms with Gasteiger partial charge in [-0.1, -0.05) is 18.2 Å². The molecule has 1 aliphatic rings. The molecule has 0 aliphatic carbocycles. The fraction of sp³-hybridized carbons (Fsp3) is 0.136. The van der Waals surface area contributed by atoms with Crippen molar-refractivity contribution < 1.29 is 23.5 Å². The van der Waals surface area contributed by atoms with Crippen LogP contribution < -0.4 is 0 Å². The van der Waals surface area contributed by atoms with Crippen molar-refractivity contribution in [1.82, 2.24) is 9.88 Å². The molecule has 1 aromatic carbocycles. The summed E-state index contributed by atoms with van der Waals surface area (Å²) in [7, 11) is 0. The van der Waals surface area contributed by atoms with Gasteiger partial charge in [0.05, 0.1) is 17.5 Å². The first-order valence-corrected chi connectivity index (χ1v) is 9.04. The molecule has 0 radical (unpaired) electrons. The standard InChI is InChI=1S/C22H17FN2O4/c23-15-8-6-14(7-9-15)10-12-25-19(16-4-1-2-11-24-16)18(21(27)22(25)28)20(26)17-5-3-13-29-17/h1-9,11,13,19,27H,10,12H2.